The van der Waals surface area contributed by atoms with E-state index in [0.29, 0.717) is 24.5 Å². The van der Waals surface area contributed by atoms with E-state index in [2.05, 4.69) is 11.9 Å². The van der Waals surface area contributed by atoms with E-state index in [9.17, 15) is 9.59 Å². The molecule has 2 heterocycles. The van der Waals surface area contributed by atoms with Crippen LogP contribution in [0.25, 0.3) is 10.9 Å². The van der Waals surface area contributed by atoms with Gasteiger partial charge in [-0.15, -0.1) is 0 Å². The summed E-state index contributed by atoms with van der Waals surface area (Å²) in [5, 5.41) is 1.09. The Morgan fingerprint density at radius 1 is 1.35 bits per heavy atom. The predicted octanol–water partition coefficient (Wildman–Crippen LogP) is 2.77. The molecule has 0 saturated carbocycles. The van der Waals surface area contributed by atoms with Crippen LogP contribution in [0.1, 0.15) is 41.4 Å². The fourth-order valence-corrected chi connectivity index (χ4v) is 3.50. The molecule has 23 heavy (non-hydrogen) atoms. The number of aromatic amines is 1. The molecule has 1 saturated heterocycles. The van der Waals surface area contributed by atoms with Crippen molar-refractivity contribution in [3.63, 3.8) is 0 Å². The Bertz CT molecular complexity index is 792. The van der Waals surface area contributed by atoms with Crippen molar-refractivity contribution in [1.82, 2.24) is 4.98 Å². The molecular formula is C18H19NO4. The summed E-state index contributed by atoms with van der Waals surface area (Å²) in [7, 11) is 0. The van der Waals surface area contributed by atoms with Crippen molar-refractivity contribution < 1.29 is 19.1 Å². The third-order valence-corrected chi connectivity index (χ3v) is 4.81. The highest BCUT2D eigenvalue weighted by molar-refractivity contribution is 5.97. The minimum absolute atomic E-state index is 0.318. The van der Waals surface area contributed by atoms with Gasteiger partial charge >= 0.3 is 11.9 Å². The number of esters is 2. The molecule has 1 aromatic carbocycles. The van der Waals surface area contributed by atoms with Gasteiger partial charge in [-0.25, -0.2) is 9.59 Å². The second-order valence-electron chi connectivity index (χ2n) is 6.54. The molecule has 5 nitrogen and oxygen atoms in total. The van der Waals surface area contributed by atoms with Gasteiger partial charge in [0.05, 0.1) is 12.2 Å². The van der Waals surface area contributed by atoms with Crippen molar-refractivity contribution >= 4 is 22.8 Å². The topological polar surface area (TPSA) is 68.4 Å². The number of nitrogens with one attached hydrogen (secondary N) is 1. The molecule has 120 valence electrons. The smallest absolute Gasteiger partial charge is 0.347 e. The molecule has 0 unspecified atom stereocenters. The summed E-state index contributed by atoms with van der Waals surface area (Å²) in [5.41, 5.74) is 4.13. The first-order valence-corrected chi connectivity index (χ1v) is 8.13. The summed E-state index contributed by atoms with van der Waals surface area (Å²) in [6, 6.07) is 5.55. The average Bonchev–Trinajstić information content (AvgIpc) is 3.10. The molecular weight excluding hydrogens is 294 g/mol. The van der Waals surface area contributed by atoms with Crippen LogP contribution in [0, 0.1) is 5.92 Å². The number of rotatable bonds is 2. The van der Waals surface area contributed by atoms with Crippen LogP contribution in [-0.2, 0) is 27.1 Å². The highest BCUT2D eigenvalue weighted by Gasteiger charge is 2.30. The minimum atomic E-state index is -0.765. The van der Waals surface area contributed by atoms with Crippen molar-refractivity contribution in [2.24, 2.45) is 5.92 Å². The fourth-order valence-electron chi connectivity index (χ4n) is 3.50. The molecule has 1 N–H and O–H groups in total. The zero-order valence-corrected chi connectivity index (χ0v) is 13.1. The van der Waals surface area contributed by atoms with E-state index in [1.54, 1.807) is 6.07 Å². The van der Waals surface area contributed by atoms with Crippen molar-refractivity contribution in [2.45, 2.75) is 38.7 Å². The predicted molar refractivity (Wildman–Crippen MR) is 84.3 cm³/mol. The third-order valence-electron chi connectivity index (χ3n) is 4.81. The molecule has 0 bridgehead atoms. The quantitative estimate of drug-likeness (QED) is 0.866. The molecule has 5 heteroatoms. The fraction of sp³-hybridized carbons (Fsp3) is 0.444. The van der Waals surface area contributed by atoms with Gasteiger partial charge in [0, 0.05) is 23.0 Å². The summed E-state index contributed by atoms with van der Waals surface area (Å²) in [5.74, 6) is -0.257. The number of aromatic nitrogens is 1. The Labute approximate surface area is 134 Å². The molecule has 0 spiro atoms. The molecule has 0 amide bonds. The maximum atomic E-state index is 12.3. The molecule has 2 aromatic rings. The maximum absolute atomic E-state index is 12.3. The van der Waals surface area contributed by atoms with Gasteiger partial charge in [0.1, 0.15) is 0 Å². The van der Waals surface area contributed by atoms with Crippen molar-refractivity contribution in [3.05, 3.63) is 35.0 Å². The summed E-state index contributed by atoms with van der Waals surface area (Å²) in [4.78, 5) is 27.2. The summed E-state index contributed by atoms with van der Waals surface area (Å²) in [6.45, 7) is 2.57. The van der Waals surface area contributed by atoms with E-state index >= 15 is 0 Å². The average molecular weight is 313 g/mol. The lowest BCUT2D eigenvalue weighted by atomic mass is 9.87. The minimum Gasteiger partial charge on any atom is -0.463 e. The van der Waals surface area contributed by atoms with Crippen LogP contribution in [0.5, 0.6) is 0 Å². The first kappa shape index (κ1) is 14.3. The lowest BCUT2D eigenvalue weighted by Gasteiger charge is -2.18. The van der Waals surface area contributed by atoms with Crippen LogP contribution in [0.4, 0.5) is 0 Å². The van der Waals surface area contributed by atoms with Gasteiger partial charge in [0.2, 0.25) is 6.10 Å². The third kappa shape index (κ3) is 2.50. The standard InChI is InChI=1S/C18H19NO4/c1-10-2-4-14-12(8-10)13-9-11(3-5-15(13)19-14)17(20)23-16-6-7-22-18(16)21/h3,5,9-10,16,19H,2,4,6-8H2,1H3/t10-,16-/m0/s1. The van der Waals surface area contributed by atoms with Gasteiger partial charge in [-0.05, 0) is 48.9 Å². The van der Waals surface area contributed by atoms with E-state index in [0.717, 1.165) is 23.7 Å². The van der Waals surface area contributed by atoms with Crippen LogP contribution in [0.3, 0.4) is 0 Å². The summed E-state index contributed by atoms with van der Waals surface area (Å²) in [6.07, 6.45) is 2.95. The van der Waals surface area contributed by atoms with Crippen LogP contribution in [0.2, 0.25) is 0 Å². The first-order chi connectivity index (χ1) is 11.1. The largest absolute Gasteiger partial charge is 0.463 e. The molecule has 1 fully saturated rings. The number of carbonyl (C=O) groups is 2. The molecule has 1 aliphatic heterocycles. The van der Waals surface area contributed by atoms with Gasteiger partial charge < -0.3 is 14.5 Å². The Hall–Kier alpha value is -2.30. The van der Waals surface area contributed by atoms with Gasteiger partial charge in [-0.1, -0.05) is 6.92 Å². The SMILES string of the molecule is C[C@H]1CCc2[nH]c3ccc(C(=O)O[C@H]4CCOC4=O)cc3c2C1. The Morgan fingerprint density at radius 2 is 2.22 bits per heavy atom. The van der Waals surface area contributed by atoms with E-state index in [1.807, 2.05) is 12.1 Å². The number of cyclic esters (lactones) is 1. The lowest BCUT2D eigenvalue weighted by molar-refractivity contribution is -0.145. The van der Waals surface area contributed by atoms with Crippen LogP contribution in [-0.4, -0.2) is 29.6 Å². The summed E-state index contributed by atoms with van der Waals surface area (Å²) < 4.78 is 10.1. The number of carbonyl (C=O) groups excluding carboxylic acids is 2. The summed E-state index contributed by atoms with van der Waals surface area (Å²) >= 11 is 0. The second kappa shape index (κ2) is 5.41. The molecule has 2 atom stereocenters. The molecule has 1 aromatic heterocycles. The number of fused-ring (bicyclic) bond motifs is 3. The number of aryl methyl sites for hydroxylation is 1. The lowest BCUT2D eigenvalue weighted by Crippen LogP contribution is -2.22. The van der Waals surface area contributed by atoms with Crippen molar-refractivity contribution in [2.75, 3.05) is 6.61 Å². The number of H-pyrrole nitrogens is 1. The van der Waals surface area contributed by atoms with Crippen LogP contribution >= 0.6 is 0 Å². The van der Waals surface area contributed by atoms with E-state index < -0.39 is 18.0 Å². The van der Waals surface area contributed by atoms with Crippen molar-refractivity contribution in [1.29, 1.82) is 0 Å². The van der Waals surface area contributed by atoms with Crippen molar-refractivity contribution in [3.8, 4) is 0 Å². The maximum Gasteiger partial charge on any atom is 0.347 e. The zero-order chi connectivity index (χ0) is 16.0. The van der Waals surface area contributed by atoms with Gasteiger partial charge in [-0.2, -0.15) is 0 Å². The highest BCUT2D eigenvalue weighted by atomic mass is 16.6. The monoisotopic (exact) mass is 313 g/mol. The highest BCUT2D eigenvalue weighted by Crippen LogP contribution is 2.32. The van der Waals surface area contributed by atoms with Crippen LogP contribution < -0.4 is 0 Å². The number of hydrogen-bond donors (Lipinski definition) is 1. The van der Waals surface area contributed by atoms with E-state index in [-0.39, 0.29) is 0 Å². The molecule has 4 rings (SSSR count). The van der Waals surface area contributed by atoms with E-state index in [1.165, 1.54) is 17.7 Å². The molecule has 1 aliphatic carbocycles. The Kier molecular flexibility index (Phi) is 3.36. The Morgan fingerprint density at radius 3 is 3.00 bits per heavy atom. The van der Waals surface area contributed by atoms with Gasteiger partial charge in [0.15, 0.2) is 0 Å². The zero-order valence-electron chi connectivity index (χ0n) is 13.1. The number of ether oxygens (including phenoxy) is 2. The number of hydrogen-bond acceptors (Lipinski definition) is 4. The second-order valence-corrected chi connectivity index (χ2v) is 6.54. The number of benzene rings is 1. The van der Waals surface area contributed by atoms with Crippen LogP contribution in [0.15, 0.2) is 18.2 Å². The normalized spacial score (nSPS) is 23.6. The van der Waals surface area contributed by atoms with Gasteiger partial charge in [-0.3, -0.25) is 0 Å². The Balaban J connectivity index is 1.64. The molecule has 0 radical (unpaired) electrons. The molecule has 2 aliphatic rings. The van der Waals surface area contributed by atoms with Gasteiger partial charge in [0.25, 0.3) is 0 Å². The van der Waals surface area contributed by atoms with E-state index in [4.69, 9.17) is 9.47 Å². The first-order valence-electron chi connectivity index (χ1n) is 8.13.